The highest BCUT2D eigenvalue weighted by Crippen LogP contribution is 2.45. The summed E-state index contributed by atoms with van der Waals surface area (Å²) in [5.74, 6) is -4.77. The summed E-state index contributed by atoms with van der Waals surface area (Å²) in [4.78, 5) is 16.6. The van der Waals surface area contributed by atoms with Crippen molar-refractivity contribution in [2.75, 3.05) is 44.2 Å². The normalized spacial score (nSPS) is 21.9. The second-order valence-corrected chi connectivity index (χ2v) is 13.8. The number of carboxylic acids is 1. The predicted molar refractivity (Wildman–Crippen MR) is 173 cm³/mol. The van der Waals surface area contributed by atoms with Gasteiger partial charge in [0.2, 0.25) is 0 Å². The largest absolute Gasteiger partial charge is 0.489 e. The molecule has 0 bridgehead atoms. The zero-order valence-electron chi connectivity index (χ0n) is 27.0. The fourth-order valence-corrected chi connectivity index (χ4v) is 7.74. The minimum absolute atomic E-state index is 0.0495. The predicted octanol–water partition coefficient (Wildman–Crippen LogP) is 7.30. The Labute approximate surface area is 273 Å². The maximum Gasteiger partial charge on any atom is 0.317 e. The number of alkyl halides is 2. The summed E-state index contributed by atoms with van der Waals surface area (Å²) >= 11 is 0. The first kappa shape index (κ1) is 33.3. The van der Waals surface area contributed by atoms with Gasteiger partial charge in [0.05, 0.1) is 19.1 Å². The number of hydrogen-bond acceptors (Lipinski definition) is 5. The number of halogens is 4. The van der Waals surface area contributed by atoms with E-state index >= 15 is 8.78 Å². The van der Waals surface area contributed by atoms with Crippen LogP contribution in [-0.4, -0.2) is 72.1 Å². The molecule has 1 N–H and O–H groups in total. The van der Waals surface area contributed by atoms with Crippen LogP contribution >= 0.6 is 0 Å². The van der Waals surface area contributed by atoms with Gasteiger partial charge in [0.15, 0.2) is 0 Å². The summed E-state index contributed by atoms with van der Waals surface area (Å²) in [5.41, 5.74) is 2.76. The van der Waals surface area contributed by atoms with Gasteiger partial charge in [-0.3, -0.25) is 14.6 Å². The van der Waals surface area contributed by atoms with Crippen LogP contribution in [0.3, 0.4) is 0 Å². The number of anilines is 1. The Kier molecular flexibility index (Phi) is 9.54. The van der Waals surface area contributed by atoms with Crippen LogP contribution in [0.4, 0.5) is 23.2 Å². The Hall–Kier alpha value is -3.63. The molecule has 252 valence electrons. The lowest BCUT2D eigenvalue weighted by Crippen LogP contribution is -2.48. The van der Waals surface area contributed by atoms with Crippen molar-refractivity contribution in [3.05, 3.63) is 94.6 Å². The third-order valence-electron chi connectivity index (χ3n) is 10.3. The maximum absolute atomic E-state index is 16.2. The molecule has 2 fully saturated rings. The first-order valence-corrected chi connectivity index (χ1v) is 16.5. The number of carboxylic acid groups (broad SMARTS) is 1. The molecule has 3 aliphatic heterocycles. The van der Waals surface area contributed by atoms with Crippen molar-refractivity contribution in [2.24, 2.45) is 5.41 Å². The fourth-order valence-electron chi connectivity index (χ4n) is 7.74. The molecule has 0 amide bonds. The smallest absolute Gasteiger partial charge is 0.317 e. The van der Waals surface area contributed by atoms with E-state index in [1.807, 2.05) is 53.1 Å². The average molecular weight is 654 g/mol. The summed E-state index contributed by atoms with van der Waals surface area (Å²) in [6.07, 6.45) is 3.98. The minimum Gasteiger partial charge on any atom is -0.489 e. The second kappa shape index (κ2) is 13.5. The fraction of sp³-hybridized carbons (Fsp3) is 0.486. The zero-order chi connectivity index (χ0) is 33.3. The Morgan fingerprint density at radius 3 is 2.21 bits per heavy atom. The number of hydrogen-bond donors (Lipinski definition) is 1. The number of likely N-dealkylation sites (tertiary alicyclic amines) is 1. The molecular weight excluding hydrogens is 610 g/mol. The molecule has 10 heteroatoms. The van der Waals surface area contributed by atoms with E-state index in [2.05, 4.69) is 0 Å². The first-order valence-electron chi connectivity index (χ1n) is 16.5. The van der Waals surface area contributed by atoms with Crippen molar-refractivity contribution in [3.63, 3.8) is 0 Å². The molecule has 47 heavy (non-hydrogen) atoms. The second-order valence-electron chi connectivity index (χ2n) is 13.8. The molecule has 3 aromatic carbocycles. The van der Waals surface area contributed by atoms with E-state index in [0.29, 0.717) is 43.1 Å². The number of carbonyl (C=O) groups is 1. The molecule has 1 unspecified atom stereocenters. The van der Waals surface area contributed by atoms with Crippen molar-refractivity contribution in [2.45, 2.75) is 70.6 Å². The zero-order valence-corrected chi connectivity index (χ0v) is 27.0. The van der Waals surface area contributed by atoms with E-state index in [4.69, 9.17) is 9.84 Å². The quantitative estimate of drug-likeness (QED) is 0.245. The number of fused-ring (bicyclic) bond motifs is 1. The lowest BCUT2D eigenvalue weighted by molar-refractivity contribution is -0.139. The van der Waals surface area contributed by atoms with Gasteiger partial charge in [0, 0.05) is 37.3 Å². The van der Waals surface area contributed by atoms with Crippen molar-refractivity contribution in [1.29, 1.82) is 0 Å². The van der Waals surface area contributed by atoms with Crippen molar-refractivity contribution in [1.82, 2.24) is 9.80 Å². The van der Waals surface area contributed by atoms with Crippen LogP contribution in [0.2, 0.25) is 0 Å². The van der Waals surface area contributed by atoms with Crippen molar-refractivity contribution in [3.8, 4) is 5.75 Å². The minimum atomic E-state index is -3.07. The number of piperidine rings is 2. The number of benzene rings is 3. The molecule has 0 aliphatic carbocycles. The molecule has 3 aliphatic rings. The summed E-state index contributed by atoms with van der Waals surface area (Å²) in [6.45, 7) is 5.18. The van der Waals surface area contributed by atoms with Gasteiger partial charge >= 0.3 is 5.97 Å². The highest BCUT2D eigenvalue weighted by molar-refractivity contribution is 5.69. The van der Waals surface area contributed by atoms with Crippen molar-refractivity contribution >= 4 is 11.7 Å². The van der Waals surface area contributed by atoms with E-state index in [9.17, 15) is 13.6 Å². The van der Waals surface area contributed by atoms with E-state index in [0.717, 1.165) is 56.8 Å². The lowest BCUT2D eigenvalue weighted by Gasteiger charge is -2.47. The maximum atomic E-state index is 16.2. The van der Waals surface area contributed by atoms with E-state index in [1.165, 1.54) is 17.0 Å². The van der Waals surface area contributed by atoms with Crippen LogP contribution < -0.4 is 9.64 Å². The lowest BCUT2D eigenvalue weighted by atomic mass is 9.71. The highest BCUT2D eigenvalue weighted by Gasteiger charge is 2.42. The monoisotopic (exact) mass is 653 g/mol. The molecule has 6 rings (SSSR count). The number of rotatable bonds is 9. The molecular formula is C37H43F4N3O3. The van der Waals surface area contributed by atoms with Gasteiger partial charge in [-0.2, -0.15) is 0 Å². The van der Waals surface area contributed by atoms with Gasteiger partial charge in [-0.1, -0.05) is 36.4 Å². The molecule has 3 aromatic rings. The highest BCUT2D eigenvalue weighted by atomic mass is 19.3. The van der Waals surface area contributed by atoms with E-state index < -0.39 is 42.2 Å². The Bertz CT molecular complexity index is 1540. The molecule has 0 radical (unpaired) electrons. The van der Waals surface area contributed by atoms with Gasteiger partial charge in [0.1, 0.15) is 24.0 Å². The Morgan fingerprint density at radius 1 is 0.957 bits per heavy atom. The van der Waals surface area contributed by atoms with Crippen LogP contribution in [0.25, 0.3) is 0 Å². The van der Waals surface area contributed by atoms with E-state index in [1.54, 1.807) is 12.1 Å². The molecule has 0 aromatic heterocycles. The van der Waals surface area contributed by atoms with Gasteiger partial charge < -0.3 is 14.7 Å². The van der Waals surface area contributed by atoms with Crippen LogP contribution in [0, 0.1) is 17.0 Å². The molecule has 0 saturated carbocycles. The third-order valence-corrected chi connectivity index (χ3v) is 10.3. The van der Waals surface area contributed by atoms with Crippen LogP contribution in [0.5, 0.6) is 5.75 Å². The summed E-state index contributed by atoms with van der Waals surface area (Å²) < 4.78 is 67.5. The number of aliphatic carboxylic acids is 1. The Balaban J connectivity index is 1.24. The van der Waals surface area contributed by atoms with Gasteiger partial charge in [-0.05, 0) is 98.5 Å². The first-order chi connectivity index (χ1) is 22.4. The molecule has 2 atom stereocenters. The summed E-state index contributed by atoms with van der Waals surface area (Å²) in [6, 6.07) is 16.4. The summed E-state index contributed by atoms with van der Waals surface area (Å²) in [5, 5.41) is 9.12. The third kappa shape index (κ3) is 7.59. The van der Waals surface area contributed by atoms with Gasteiger partial charge in [-0.25, -0.2) is 17.6 Å². The molecule has 2 saturated heterocycles. The standard InChI is InChI=1S/C37H43F4N3O3/c1-25-18-27-19-29(47-23-26-6-4-3-5-7-26)8-9-30(27)35(44(25)24-36(2,40)41)34-31(38)20-28(21-32(34)39)43-16-12-37(13-17-43)10-14-42(15-11-37)22-33(45)46/h3-9,19-21,25,35H,10-18,22-24H2,1-2H3,(H,45,46)/t25-,35?/m1/s1. The van der Waals surface area contributed by atoms with Crippen LogP contribution in [-0.2, 0) is 17.8 Å². The topological polar surface area (TPSA) is 56.3 Å². The Morgan fingerprint density at radius 2 is 1.60 bits per heavy atom. The van der Waals surface area contributed by atoms with Crippen LogP contribution in [0.1, 0.15) is 67.8 Å². The molecule has 1 spiro atoms. The number of ether oxygens (including phenoxy) is 1. The van der Waals surface area contributed by atoms with Crippen LogP contribution in [0.15, 0.2) is 60.7 Å². The SMILES string of the molecule is C[C@@H]1Cc2cc(OCc3ccccc3)ccc2C(c2c(F)cc(N3CCC4(CCN(CC(=O)O)CC4)CC3)cc2F)N1CC(C)(F)F. The number of nitrogens with zero attached hydrogens (tertiary/aromatic N) is 3. The van der Waals surface area contributed by atoms with Crippen molar-refractivity contribution < 1.29 is 32.2 Å². The molecule has 6 nitrogen and oxygen atoms in total. The molecule has 3 heterocycles. The average Bonchev–Trinajstić information content (AvgIpc) is 3.02. The summed E-state index contributed by atoms with van der Waals surface area (Å²) in [7, 11) is 0. The van der Waals surface area contributed by atoms with E-state index in [-0.39, 0.29) is 17.5 Å². The van der Waals surface area contributed by atoms with Gasteiger partial charge in [0.25, 0.3) is 5.92 Å². The van der Waals surface area contributed by atoms with Gasteiger partial charge in [-0.15, -0.1) is 0 Å².